The molecule has 118 valence electrons. The summed E-state index contributed by atoms with van der Waals surface area (Å²) in [7, 11) is 0. The van der Waals surface area contributed by atoms with Crippen molar-refractivity contribution in [2.45, 2.75) is 25.7 Å². The molecule has 0 fully saturated rings. The highest BCUT2D eigenvalue weighted by Crippen LogP contribution is 2.29. The van der Waals surface area contributed by atoms with Crippen LogP contribution in [-0.2, 0) is 17.6 Å². The molecule has 0 bridgehead atoms. The molecule has 0 aliphatic heterocycles. The summed E-state index contributed by atoms with van der Waals surface area (Å²) in [5.41, 5.74) is 2.14. The molecule has 4 rings (SSSR count). The van der Waals surface area contributed by atoms with Crippen molar-refractivity contribution in [1.29, 1.82) is 0 Å². The van der Waals surface area contributed by atoms with Gasteiger partial charge in [-0.3, -0.25) is 10.1 Å². The van der Waals surface area contributed by atoms with Crippen molar-refractivity contribution in [2.75, 3.05) is 11.9 Å². The highest BCUT2D eigenvalue weighted by atomic mass is 32.1. The molecule has 6 heteroatoms. The maximum atomic E-state index is 12.1. The normalized spacial score (nSPS) is 13.7. The Balaban J connectivity index is 1.40. The van der Waals surface area contributed by atoms with Crippen LogP contribution in [0.25, 0.3) is 10.9 Å². The predicted molar refractivity (Wildman–Crippen MR) is 91.2 cm³/mol. The van der Waals surface area contributed by atoms with E-state index in [1.807, 2.05) is 30.5 Å². The van der Waals surface area contributed by atoms with Gasteiger partial charge in [0.15, 0.2) is 11.7 Å². The Morgan fingerprint density at radius 1 is 1.30 bits per heavy atom. The zero-order valence-electron chi connectivity index (χ0n) is 12.6. The van der Waals surface area contributed by atoms with Crippen molar-refractivity contribution in [1.82, 2.24) is 9.97 Å². The molecule has 0 radical (unpaired) electrons. The first-order valence-corrected chi connectivity index (χ1v) is 8.58. The molecule has 0 unspecified atom stereocenters. The van der Waals surface area contributed by atoms with Crippen LogP contribution in [0.2, 0.25) is 0 Å². The first-order valence-electron chi connectivity index (χ1n) is 7.77. The number of carbonyl (C=O) groups is 1. The number of hydrogen-bond acceptors (Lipinski definition) is 4. The summed E-state index contributed by atoms with van der Waals surface area (Å²) < 4.78 is 5.66. The van der Waals surface area contributed by atoms with Crippen molar-refractivity contribution < 1.29 is 9.53 Å². The summed E-state index contributed by atoms with van der Waals surface area (Å²) in [6.45, 7) is -0.0193. The van der Waals surface area contributed by atoms with Crippen LogP contribution in [0.3, 0.4) is 0 Å². The lowest BCUT2D eigenvalue weighted by molar-refractivity contribution is -0.118. The van der Waals surface area contributed by atoms with Gasteiger partial charge >= 0.3 is 0 Å². The fraction of sp³-hybridized carbons (Fsp3) is 0.294. The zero-order chi connectivity index (χ0) is 15.6. The van der Waals surface area contributed by atoms with E-state index in [-0.39, 0.29) is 12.5 Å². The summed E-state index contributed by atoms with van der Waals surface area (Å²) in [4.78, 5) is 21.0. The highest BCUT2D eigenvalue weighted by molar-refractivity contribution is 7.15. The molecule has 2 heterocycles. The van der Waals surface area contributed by atoms with Crippen LogP contribution in [0.15, 0.2) is 30.5 Å². The molecule has 23 heavy (non-hydrogen) atoms. The van der Waals surface area contributed by atoms with Gasteiger partial charge in [-0.15, -0.1) is 11.3 Å². The van der Waals surface area contributed by atoms with Crippen LogP contribution in [0.4, 0.5) is 5.13 Å². The van der Waals surface area contributed by atoms with Crippen LogP contribution >= 0.6 is 11.3 Å². The number of anilines is 1. The van der Waals surface area contributed by atoms with Gasteiger partial charge in [-0.2, -0.15) is 0 Å². The topological polar surface area (TPSA) is 67.0 Å². The number of hydrogen-bond donors (Lipinski definition) is 2. The molecule has 1 aromatic carbocycles. The number of rotatable bonds is 4. The molecule has 0 saturated carbocycles. The lowest BCUT2D eigenvalue weighted by atomic mass is 10.0. The zero-order valence-corrected chi connectivity index (χ0v) is 13.4. The van der Waals surface area contributed by atoms with Crippen LogP contribution in [0, 0.1) is 0 Å². The fourth-order valence-electron chi connectivity index (χ4n) is 2.89. The summed E-state index contributed by atoms with van der Waals surface area (Å²) in [6.07, 6.45) is 6.36. The fourth-order valence-corrected chi connectivity index (χ4v) is 3.95. The van der Waals surface area contributed by atoms with Gasteiger partial charge < -0.3 is 9.72 Å². The number of nitrogens with zero attached hydrogens (tertiary/aromatic N) is 1. The van der Waals surface area contributed by atoms with Crippen LogP contribution in [-0.4, -0.2) is 22.5 Å². The number of aromatic nitrogens is 2. The van der Waals surface area contributed by atoms with Gasteiger partial charge in [-0.1, -0.05) is 6.07 Å². The van der Waals surface area contributed by atoms with E-state index in [2.05, 4.69) is 15.3 Å². The number of aryl methyl sites for hydroxylation is 2. The average Bonchev–Trinajstić information content (AvgIpc) is 3.18. The van der Waals surface area contributed by atoms with Crippen LogP contribution in [0.1, 0.15) is 23.4 Å². The first kappa shape index (κ1) is 14.3. The summed E-state index contributed by atoms with van der Waals surface area (Å²) in [5, 5.41) is 4.51. The summed E-state index contributed by atoms with van der Waals surface area (Å²) >= 11 is 1.59. The van der Waals surface area contributed by atoms with Crippen molar-refractivity contribution in [2.24, 2.45) is 0 Å². The number of amides is 1. The third kappa shape index (κ3) is 2.94. The van der Waals surface area contributed by atoms with E-state index in [4.69, 9.17) is 4.74 Å². The van der Waals surface area contributed by atoms with E-state index >= 15 is 0 Å². The van der Waals surface area contributed by atoms with E-state index in [1.54, 1.807) is 11.3 Å². The molecule has 1 amide bonds. The predicted octanol–water partition coefficient (Wildman–Crippen LogP) is 3.52. The standard InChI is InChI=1S/C17H17N3O2S/c21-16(20-17-19-13-4-1-2-7-15(13)23-17)10-22-14-6-3-5-12-11(14)8-9-18-12/h3,5-6,8-9,18H,1-2,4,7,10H2,(H,19,20,21). The number of nitrogens with one attached hydrogen (secondary N) is 2. The van der Waals surface area contributed by atoms with E-state index in [1.165, 1.54) is 17.7 Å². The molecule has 0 spiro atoms. The Morgan fingerprint density at radius 3 is 3.13 bits per heavy atom. The molecular weight excluding hydrogens is 310 g/mol. The lowest BCUT2D eigenvalue weighted by Crippen LogP contribution is -2.20. The minimum absolute atomic E-state index is 0.0193. The van der Waals surface area contributed by atoms with Crippen molar-refractivity contribution >= 4 is 33.3 Å². The minimum atomic E-state index is -0.177. The molecule has 2 aromatic heterocycles. The maximum absolute atomic E-state index is 12.1. The van der Waals surface area contributed by atoms with Crippen LogP contribution < -0.4 is 10.1 Å². The smallest absolute Gasteiger partial charge is 0.264 e. The number of aromatic amines is 1. The molecule has 1 aliphatic carbocycles. The van der Waals surface area contributed by atoms with E-state index in [9.17, 15) is 4.79 Å². The molecular formula is C17H17N3O2S. The SMILES string of the molecule is O=C(COc1cccc2[nH]ccc12)Nc1nc2c(s1)CCCC2. The van der Waals surface area contributed by atoms with Gasteiger partial charge in [0.2, 0.25) is 0 Å². The number of fused-ring (bicyclic) bond motifs is 2. The number of H-pyrrole nitrogens is 1. The first-order chi connectivity index (χ1) is 11.3. The van der Waals surface area contributed by atoms with Crippen molar-refractivity contribution in [3.05, 3.63) is 41.0 Å². The molecule has 0 saturated heterocycles. The molecule has 2 N–H and O–H groups in total. The third-order valence-corrected chi connectivity index (χ3v) is 5.08. The number of benzene rings is 1. The van der Waals surface area contributed by atoms with Gasteiger partial charge in [-0.05, 0) is 43.9 Å². The Labute approximate surface area is 137 Å². The Hall–Kier alpha value is -2.34. The molecule has 5 nitrogen and oxygen atoms in total. The number of thiazole rings is 1. The third-order valence-electron chi connectivity index (χ3n) is 4.01. The summed E-state index contributed by atoms with van der Waals surface area (Å²) in [5.74, 6) is 0.529. The second-order valence-corrected chi connectivity index (χ2v) is 6.71. The van der Waals surface area contributed by atoms with Gasteiger partial charge in [0.05, 0.1) is 5.69 Å². The summed E-state index contributed by atoms with van der Waals surface area (Å²) in [6, 6.07) is 7.69. The largest absolute Gasteiger partial charge is 0.483 e. The van der Waals surface area contributed by atoms with E-state index in [0.717, 1.165) is 29.4 Å². The number of carbonyl (C=O) groups excluding carboxylic acids is 1. The maximum Gasteiger partial charge on any atom is 0.264 e. The monoisotopic (exact) mass is 327 g/mol. The van der Waals surface area contributed by atoms with Gasteiger partial charge in [0, 0.05) is 22.0 Å². The molecule has 0 atom stereocenters. The second-order valence-electron chi connectivity index (χ2n) is 5.63. The van der Waals surface area contributed by atoms with E-state index in [0.29, 0.717) is 10.9 Å². The van der Waals surface area contributed by atoms with Crippen molar-refractivity contribution in [3.8, 4) is 5.75 Å². The molecule has 3 aromatic rings. The van der Waals surface area contributed by atoms with Gasteiger partial charge in [-0.25, -0.2) is 4.98 Å². The van der Waals surface area contributed by atoms with E-state index < -0.39 is 0 Å². The Bertz CT molecular complexity index is 829. The molecule has 1 aliphatic rings. The van der Waals surface area contributed by atoms with Gasteiger partial charge in [0.1, 0.15) is 5.75 Å². The lowest BCUT2D eigenvalue weighted by Gasteiger charge is -2.07. The number of ether oxygens (including phenoxy) is 1. The highest BCUT2D eigenvalue weighted by Gasteiger charge is 2.16. The van der Waals surface area contributed by atoms with Gasteiger partial charge in [0.25, 0.3) is 5.91 Å². The Morgan fingerprint density at radius 2 is 2.22 bits per heavy atom. The average molecular weight is 327 g/mol. The van der Waals surface area contributed by atoms with Crippen molar-refractivity contribution in [3.63, 3.8) is 0 Å². The second kappa shape index (κ2) is 6.04. The Kier molecular flexibility index (Phi) is 3.75. The van der Waals surface area contributed by atoms with Crippen LogP contribution in [0.5, 0.6) is 5.75 Å². The quantitative estimate of drug-likeness (QED) is 0.770. The minimum Gasteiger partial charge on any atom is -0.483 e.